The molecule has 0 aliphatic carbocycles. The molecule has 21 heavy (non-hydrogen) atoms. The molecule has 0 aliphatic heterocycles. The Labute approximate surface area is 133 Å². The number of sulfonamides is 1. The minimum Gasteiger partial charge on any atom is -0.380 e. The van der Waals surface area contributed by atoms with E-state index in [1.807, 2.05) is 24.3 Å². The summed E-state index contributed by atoms with van der Waals surface area (Å²) in [6, 6.07) is 14.2. The van der Waals surface area contributed by atoms with E-state index in [4.69, 9.17) is 4.74 Å². The van der Waals surface area contributed by atoms with E-state index in [0.29, 0.717) is 6.61 Å². The lowest BCUT2D eigenvalue weighted by atomic mass is 10.1. The normalized spacial score (nSPS) is 11.5. The van der Waals surface area contributed by atoms with E-state index in [9.17, 15) is 8.42 Å². The highest BCUT2D eigenvalue weighted by Gasteiger charge is 2.13. The van der Waals surface area contributed by atoms with Crippen LogP contribution in [-0.4, -0.2) is 15.5 Å². The summed E-state index contributed by atoms with van der Waals surface area (Å²) in [7, 11) is -1.85. The maximum atomic E-state index is 12.1. The third-order valence-electron chi connectivity index (χ3n) is 2.92. The lowest BCUT2D eigenvalue weighted by Crippen LogP contribution is -2.23. The van der Waals surface area contributed by atoms with Crippen molar-refractivity contribution in [1.82, 2.24) is 4.72 Å². The molecule has 2 aromatic carbocycles. The molecule has 0 bridgehead atoms. The van der Waals surface area contributed by atoms with Gasteiger partial charge in [0.15, 0.2) is 0 Å². The lowest BCUT2D eigenvalue weighted by molar-refractivity contribution is 0.185. The summed E-state index contributed by atoms with van der Waals surface area (Å²) in [5, 5.41) is 0. The molecule has 0 saturated heterocycles. The molecule has 0 fully saturated rings. The van der Waals surface area contributed by atoms with Crippen LogP contribution in [0.15, 0.2) is 57.9 Å². The molecular weight excluding hydrogens is 354 g/mol. The average molecular weight is 370 g/mol. The van der Waals surface area contributed by atoms with Gasteiger partial charge in [-0.1, -0.05) is 40.2 Å². The average Bonchev–Trinajstić information content (AvgIpc) is 2.47. The number of hydrogen-bond acceptors (Lipinski definition) is 3. The molecule has 0 aromatic heterocycles. The SMILES string of the molecule is COCc1ccc(CNS(=O)(=O)c2ccc(Br)cc2)cc1. The monoisotopic (exact) mass is 369 g/mol. The van der Waals surface area contributed by atoms with Crippen LogP contribution >= 0.6 is 15.9 Å². The summed E-state index contributed by atoms with van der Waals surface area (Å²) in [6.07, 6.45) is 0. The van der Waals surface area contributed by atoms with Gasteiger partial charge in [-0.15, -0.1) is 0 Å². The van der Waals surface area contributed by atoms with Gasteiger partial charge in [0, 0.05) is 18.1 Å². The van der Waals surface area contributed by atoms with Crippen LogP contribution in [0.5, 0.6) is 0 Å². The van der Waals surface area contributed by atoms with Gasteiger partial charge in [0.25, 0.3) is 0 Å². The van der Waals surface area contributed by atoms with Crippen LogP contribution in [0.25, 0.3) is 0 Å². The van der Waals surface area contributed by atoms with Crippen molar-refractivity contribution >= 4 is 26.0 Å². The van der Waals surface area contributed by atoms with Crippen LogP contribution < -0.4 is 4.72 Å². The Morgan fingerprint density at radius 1 is 1.00 bits per heavy atom. The van der Waals surface area contributed by atoms with Crippen LogP contribution in [0.3, 0.4) is 0 Å². The van der Waals surface area contributed by atoms with E-state index in [1.165, 1.54) is 0 Å². The molecule has 0 saturated carbocycles. The first-order valence-electron chi connectivity index (χ1n) is 6.33. The van der Waals surface area contributed by atoms with E-state index in [0.717, 1.165) is 15.6 Å². The van der Waals surface area contributed by atoms with Crippen LogP contribution in [0.2, 0.25) is 0 Å². The van der Waals surface area contributed by atoms with Crippen molar-refractivity contribution in [2.24, 2.45) is 0 Å². The second-order valence-corrected chi connectivity index (χ2v) is 7.21. The Morgan fingerprint density at radius 2 is 1.57 bits per heavy atom. The first-order chi connectivity index (χ1) is 10.0. The minimum atomic E-state index is -3.49. The number of rotatable bonds is 6. The molecule has 1 N–H and O–H groups in total. The van der Waals surface area contributed by atoms with Gasteiger partial charge in [-0.3, -0.25) is 0 Å². The van der Waals surface area contributed by atoms with Gasteiger partial charge in [0.05, 0.1) is 11.5 Å². The first kappa shape index (κ1) is 16.2. The molecule has 0 aliphatic rings. The van der Waals surface area contributed by atoms with Crippen LogP contribution in [0.4, 0.5) is 0 Å². The molecule has 4 nitrogen and oxygen atoms in total. The van der Waals surface area contributed by atoms with E-state index >= 15 is 0 Å². The molecule has 6 heteroatoms. The second kappa shape index (κ2) is 7.17. The fourth-order valence-electron chi connectivity index (χ4n) is 1.80. The predicted molar refractivity (Wildman–Crippen MR) is 85.3 cm³/mol. The second-order valence-electron chi connectivity index (χ2n) is 4.53. The molecule has 0 radical (unpaired) electrons. The van der Waals surface area contributed by atoms with Gasteiger partial charge in [-0.25, -0.2) is 13.1 Å². The van der Waals surface area contributed by atoms with Gasteiger partial charge in [-0.2, -0.15) is 0 Å². The van der Waals surface area contributed by atoms with E-state index < -0.39 is 10.0 Å². The number of methoxy groups -OCH3 is 1. The Balaban J connectivity index is 2.02. The van der Waals surface area contributed by atoms with Crippen molar-refractivity contribution < 1.29 is 13.2 Å². The smallest absolute Gasteiger partial charge is 0.240 e. The van der Waals surface area contributed by atoms with Crippen LogP contribution in [-0.2, 0) is 27.9 Å². The molecule has 0 atom stereocenters. The number of halogens is 1. The molecule has 0 unspecified atom stereocenters. The summed E-state index contributed by atoms with van der Waals surface area (Å²) < 4.78 is 32.7. The van der Waals surface area contributed by atoms with E-state index in [1.54, 1.807) is 31.4 Å². The Bertz CT molecular complexity index is 682. The van der Waals surface area contributed by atoms with Gasteiger partial charge in [0.2, 0.25) is 10.0 Å². The highest BCUT2D eigenvalue weighted by atomic mass is 79.9. The molecule has 2 aromatic rings. The van der Waals surface area contributed by atoms with E-state index in [2.05, 4.69) is 20.7 Å². The Hall–Kier alpha value is -1.21. The summed E-state index contributed by atoms with van der Waals surface area (Å²) in [6.45, 7) is 0.802. The number of nitrogens with one attached hydrogen (secondary N) is 1. The number of benzene rings is 2. The Kier molecular flexibility index (Phi) is 5.52. The summed E-state index contributed by atoms with van der Waals surface area (Å²) in [4.78, 5) is 0.252. The largest absolute Gasteiger partial charge is 0.380 e. The van der Waals surface area contributed by atoms with E-state index in [-0.39, 0.29) is 11.4 Å². The lowest BCUT2D eigenvalue weighted by Gasteiger charge is -2.08. The minimum absolute atomic E-state index is 0.252. The molecule has 0 heterocycles. The van der Waals surface area contributed by atoms with Crippen molar-refractivity contribution in [2.45, 2.75) is 18.0 Å². The number of ether oxygens (including phenoxy) is 1. The third kappa shape index (κ3) is 4.64. The Morgan fingerprint density at radius 3 is 2.14 bits per heavy atom. The van der Waals surface area contributed by atoms with Crippen molar-refractivity contribution in [3.8, 4) is 0 Å². The maximum absolute atomic E-state index is 12.1. The first-order valence-corrected chi connectivity index (χ1v) is 8.61. The van der Waals surface area contributed by atoms with Crippen LogP contribution in [0, 0.1) is 0 Å². The van der Waals surface area contributed by atoms with Crippen molar-refractivity contribution in [1.29, 1.82) is 0 Å². The zero-order chi connectivity index (χ0) is 15.3. The zero-order valence-electron chi connectivity index (χ0n) is 11.5. The van der Waals surface area contributed by atoms with Gasteiger partial charge in [-0.05, 0) is 35.4 Å². The highest BCUT2D eigenvalue weighted by molar-refractivity contribution is 9.10. The van der Waals surface area contributed by atoms with Crippen molar-refractivity contribution in [3.05, 3.63) is 64.1 Å². The fraction of sp³-hybridized carbons (Fsp3) is 0.200. The standard InChI is InChI=1S/C15H16BrNO3S/c1-20-11-13-4-2-12(3-5-13)10-17-21(18,19)15-8-6-14(16)7-9-15/h2-9,17H,10-11H2,1H3. The maximum Gasteiger partial charge on any atom is 0.240 e. The number of hydrogen-bond donors (Lipinski definition) is 1. The fourth-order valence-corrected chi connectivity index (χ4v) is 3.08. The topological polar surface area (TPSA) is 55.4 Å². The molecule has 112 valence electrons. The van der Waals surface area contributed by atoms with Crippen molar-refractivity contribution in [2.75, 3.05) is 7.11 Å². The summed E-state index contributed by atoms with van der Waals surface area (Å²) >= 11 is 3.28. The third-order valence-corrected chi connectivity index (χ3v) is 4.87. The molecule has 0 amide bonds. The van der Waals surface area contributed by atoms with Gasteiger partial charge in [0.1, 0.15) is 0 Å². The summed E-state index contributed by atoms with van der Waals surface area (Å²) in [5.41, 5.74) is 1.95. The molecule has 0 spiro atoms. The molecular formula is C15H16BrNO3S. The molecule has 2 rings (SSSR count). The van der Waals surface area contributed by atoms with Crippen molar-refractivity contribution in [3.63, 3.8) is 0 Å². The quantitative estimate of drug-likeness (QED) is 0.850. The highest BCUT2D eigenvalue weighted by Crippen LogP contribution is 2.15. The predicted octanol–water partition coefficient (Wildman–Crippen LogP) is 3.07. The summed E-state index contributed by atoms with van der Waals surface area (Å²) in [5.74, 6) is 0. The zero-order valence-corrected chi connectivity index (χ0v) is 13.9. The van der Waals surface area contributed by atoms with Gasteiger partial charge >= 0.3 is 0 Å². The van der Waals surface area contributed by atoms with Gasteiger partial charge < -0.3 is 4.74 Å². The van der Waals surface area contributed by atoms with Crippen LogP contribution in [0.1, 0.15) is 11.1 Å².